The summed E-state index contributed by atoms with van der Waals surface area (Å²) in [6.45, 7) is 1.48. The molecule has 7 nitrogen and oxygen atoms in total. The van der Waals surface area contributed by atoms with Crippen molar-refractivity contribution < 1.29 is 27.9 Å². The average Bonchev–Trinajstić information content (AvgIpc) is 3.29. The lowest BCUT2D eigenvalue weighted by molar-refractivity contribution is -0.139. The molecule has 3 amide bonds. The summed E-state index contributed by atoms with van der Waals surface area (Å²) in [6.07, 6.45) is 1.45. The normalized spacial score (nSPS) is 18.7. The van der Waals surface area contributed by atoms with E-state index in [0.717, 1.165) is 16.7 Å². The number of nitrogens with zero attached hydrogens (tertiary/aromatic N) is 2. The lowest BCUT2D eigenvalue weighted by Gasteiger charge is -2.27. The van der Waals surface area contributed by atoms with E-state index in [9.17, 15) is 18.8 Å². The predicted octanol–water partition coefficient (Wildman–Crippen LogP) is 2.98. The highest BCUT2D eigenvalue weighted by Gasteiger charge is 2.37. The number of imide groups is 1. The van der Waals surface area contributed by atoms with E-state index in [1.807, 2.05) is 0 Å². The van der Waals surface area contributed by atoms with Crippen molar-refractivity contribution >= 4 is 34.9 Å². The lowest BCUT2D eigenvalue weighted by atomic mass is 10.2. The van der Waals surface area contributed by atoms with E-state index in [1.54, 1.807) is 29.2 Å². The minimum atomic E-state index is -0.537. The molecule has 0 unspecified atom stereocenters. The fourth-order valence-corrected chi connectivity index (χ4v) is 3.86. The van der Waals surface area contributed by atoms with Crippen molar-refractivity contribution in [1.82, 2.24) is 9.80 Å². The summed E-state index contributed by atoms with van der Waals surface area (Å²) >= 11 is 0.756. The second-order valence-corrected chi connectivity index (χ2v) is 7.47. The summed E-state index contributed by atoms with van der Waals surface area (Å²) < 4.78 is 24.2. The number of carbonyl (C=O) groups excluding carboxylic acids is 3. The van der Waals surface area contributed by atoms with Gasteiger partial charge in [-0.3, -0.25) is 19.3 Å². The number of thioether (sulfide) groups is 1. The third-order valence-electron chi connectivity index (χ3n) is 4.54. The number of carbonyl (C=O) groups is 3. The number of benzene rings is 1. The lowest BCUT2D eigenvalue weighted by Crippen LogP contribution is -2.46. The molecule has 150 valence electrons. The van der Waals surface area contributed by atoms with Gasteiger partial charge in [0.05, 0.1) is 18.1 Å². The smallest absolute Gasteiger partial charge is 0.294 e. The van der Waals surface area contributed by atoms with Crippen LogP contribution in [-0.2, 0) is 14.3 Å². The summed E-state index contributed by atoms with van der Waals surface area (Å²) in [5, 5.41) is -0.500. The number of furan rings is 1. The molecular weight excluding hydrogens is 399 g/mol. The summed E-state index contributed by atoms with van der Waals surface area (Å²) in [4.78, 5) is 39.8. The van der Waals surface area contributed by atoms with Gasteiger partial charge in [-0.1, -0.05) is 12.1 Å². The first-order chi connectivity index (χ1) is 14.0. The topological polar surface area (TPSA) is 80.1 Å². The van der Waals surface area contributed by atoms with E-state index >= 15 is 0 Å². The Balaban J connectivity index is 1.47. The Bertz CT molecular complexity index is 996. The quantitative estimate of drug-likeness (QED) is 0.713. The molecule has 4 rings (SSSR count). The summed E-state index contributed by atoms with van der Waals surface area (Å²) in [6, 6.07) is 9.25. The number of rotatable bonds is 4. The van der Waals surface area contributed by atoms with Gasteiger partial charge in [0.25, 0.3) is 11.1 Å². The first kappa shape index (κ1) is 19.4. The van der Waals surface area contributed by atoms with Crippen molar-refractivity contribution in [3.8, 4) is 11.3 Å². The number of halogens is 1. The zero-order valence-electron chi connectivity index (χ0n) is 15.3. The number of hydrogen-bond acceptors (Lipinski definition) is 6. The van der Waals surface area contributed by atoms with Gasteiger partial charge >= 0.3 is 0 Å². The van der Waals surface area contributed by atoms with Crippen LogP contribution >= 0.6 is 11.8 Å². The van der Waals surface area contributed by atoms with Crippen molar-refractivity contribution in [1.29, 1.82) is 0 Å². The molecule has 1 aromatic carbocycles. The van der Waals surface area contributed by atoms with Gasteiger partial charge in [-0.2, -0.15) is 0 Å². The highest BCUT2D eigenvalue weighted by molar-refractivity contribution is 8.18. The van der Waals surface area contributed by atoms with Crippen molar-refractivity contribution in [2.24, 2.45) is 0 Å². The van der Waals surface area contributed by atoms with Crippen LogP contribution in [0.4, 0.5) is 9.18 Å². The molecule has 29 heavy (non-hydrogen) atoms. The zero-order valence-corrected chi connectivity index (χ0v) is 16.1. The van der Waals surface area contributed by atoms with Crippen LogP contribution in [0.25, 0.3) is 17.4 Å². The number of amides is 3. The molecule has 2 aliphatic rings. The molecule has 0 aliphatic carbocycles. The van der Waals surface area contributed by atoms with Gasteiger partial charge in [-0.25, -0.2) is 4.39 Å². The largest absolute Gasteiger partial charge is 0.457 e. The van der Waals surface area contributed by atoms with Crippen molar-refractivity contribution in [3.63, 3.8) is 0 Å². The van der Waals surface area contributed by atoms with Crippen LogP contribution in [0.5, 0.6) is 0 Å². The van der Waals surface area contributed by atoms with Crippen LogP contribution in [0.2, 0.25) is 0 Å². The molecule has 0 saturated carbocycles. The Labute approximate surface area is 170 Å². The number of ether oxygens (including phenoxy) is 1. The van der Waals surface area contributed by atoms with Gasteiger partial charge in [0, 0.05) is 24.7 Å². The fraction of sp³-hybridized carbons (Fsp3) is 0.250. The highest BCUT2D eigenvalue weighted by atomic mass is 32.2. The SMILES string of the molecule is O=C(CN1C(=O)S/C(=C/c2ccc(-c3cccc(F)c3)o2)C1=O)N1CCOCC1. The molecule has 0 N–H and O–H groups in total. The zero-order chi connectivity index (χ0) is 20.4. The van der Waals surface area contributed by atoms with Crippen molar-refractivity contribution in [2.45, 2.75) is 0 Å². The molecule has 0 radical (unpaired) electrons. The van der Waals surface area contributed by atoms with Gasteiger partial charge in [0.15, 0.2) is 0 Å². The maximum Gasteiger partial charge on any atom is 0.294 e. The summed E-state index contributed by atoms with van der Waals surface area (Å²) in [5.74, 6) is -0.410. The standard InChI is InChI=1S/C20H17FN2O5S/c21-14-3-1-2-13(10-14)16-5-4-15(28-16)11-17-19(25)23(20(26)29-17)12-18(24)22-6-8-27-9-7-22/h1-5,10-11H,6-9,12H2/b17-11+. The second kappa shape index (κ2) is 8.22. The monoisotopic (exact) mass is 416 g/mol. The van der Waals surface area contributed by atoms with E-state index in [4.69, 9.17) is 9.15 Å². The van der Waals surface area contributed by atoms with Crippen LogP contribution in [0.3, 0.4) is 0 Å². The first-order valence-electron chi connectivity index (χ1n) is 8.98. The maximum absolute atomic E-state index is 13.4. The van der Waals surface area contributed by atoms with E-state index in [-0.39, 0.29) is 23.2 Å². The molecule has 0 atom stereocenters. The second-order valence-electron chi connectivity index (χ2n) is 6.47. The molecule has 2 fully saturated rings. The van der Waals surface area contributed by atoms with Crippen molar-refractivity contribution in [2.75, 3.05) is 32.8 Å². The van der Waals surface area contributed by atoms with Crippen LogP contribution in [0.1, 0.15) is 5.76 Å². The van der Waals surface area contributed by atoms with Crippen LogP contribution in [0.15, 0.2) is 45.7 Å². The first-order valence-corrected chi connectivity index (χ1v) is 9.79. The van der Waals surface area contributed by atoms with Crippen LogP contribution in [-0.4, -0.2) is 59.7 Å². The van der Waals surface area contributed by atoms with E-state index in [0.29, 0.717) is 43.4 Å². The minimum Gasteiger partial charge on any atom is -0.457 e. The van der Waals surface area contributed by atoms with Gasteiger partial charge in [-0.15, -0.1) is 0 Å². The average molecular weight is 416 g/mol. The Morgan fingerprint density at radius 1 is 1.17 bits per heavy atom. The van der Waals surface area contributed by atoms with Gasteiger partial charge in [0.1, 0.15) is 23.9 Å². The molecule has 2 aliphatic heterocycles. The molecule has 9 heteroatoms. The number of morpholine rings is 1. The molecule has 2 saturated heterocycles. The summed E-state index contributed by atoms with van der Waals surface area (Å²) in [7, 11) is 0. The van der Waals surface area contributed by atoms with Crippen LogP contribution in [0, 0.1) is 5.82 Å². The Kier molecular flexibility index (Phi) is 5.50. The maximum atomic E-state index is 13.4. The van der Waals surface area contributed by atoms with Crippen LogP contribution < -0.4 is 0 Å². The molecule has 0 bridgehead atoms. The summed E-state index contributed by atoms with van der Waals surface area (Å²) in [5.41, 5.74) is 0.564. The van der Waals surface area contributed by atoms with E-state index in [2.05, 4.69) is 0 Å². The van der Waals surface area contributed by atoms with Gasteiger partial charge in [-0.05, 0) is 36.0 Å². The molecule has 1 aromatic heterocycles. The third-order valence-corrected chi connectivity index (χ3v) is 5.45. The fourth-order valence-electron chi connectivity index (χ4n) is 3.04. The predicted molar refractivity (Wildman–Crippen MR) is 104 cm³/mol. The molecule has 2 aromatic rings. The minimum absolute atomic E-state index is 0.171. The molecular formula is C20H17FN2O5S. The van der Waals surface area contributed by atoms with Gasteiger partial charge in [0.2, 0.25) is 5.91 Å². The van der Waals surface area contributed by atoms with Crippen molar-refractivity contribution in [3.05, 3.63) is 52.9 Å². The third kappa shape index (κ3) is 4.25. The van der Waals surface area contributed by atoms with E-state index in [1.165, 1.54) is 18.2 Å². The van der Waals surface area contributed by atoms with Gasteiger partial charge < -0.3 is 14.1 Å². The Morgan fingerprint density at radius 3 is 2.72 bits per heavy atom. The Morgan fingerprint density at radius 2 is 1.97 bits per heavy atom. The molecule has 3 heterocycles. The Hall–Kier alpha value is -2.91. The van der Waals surface area contributed by atoms with E-state index < -0.39 is 11.1 Å². The molecule has 0 spiro atoms. The number of hydrogen-bond donors (Lipinski definition) is 0. The highest BCUT2D eigenvalue weighted by Crippen LogP contribution is 2.33.